The zero-order chi connectivity index (χ0) is 29.8. The van der Waals surface area contributed by atoms with Crippen LogP contribution in [0.1, 0.15) is 36.9 Å². The Morgan fingerprint density at radius 1 is 1.02 bits per heavy atom. The van der Waals surface area contributed by atoms with Gasteiger partial charge in [-0.3, -0.25) is 4.79 Å². The minimum absolute atomic E-state index is 0.0503. The molecule has 0 saturated carbocycles. The van der Waals surface area contributed by atoms with Gasteiger partial charge >= 0.3 is 6.09 Å². The number of carbonyl (C=O) groups is 2. The van der Waals surface area contributed by atoms with Crippen LogP contribution in [0.5, 0.6) is 5.75 Å². The first kappa shape index (κ1) is 28.9. The van der Waals surface area contributed by atoms with Gasteiger partial charge in [0.2, 0.25) is 5.91 Å². The molecule has 8 nitrogen and oxygen atoms in total. The lowest BCUT2D eigenvalue weighted by Gasteiger charge is -2.34. The van der Waals surface area contributed by atoms with Crippen LogP contribution in [0.25, 0.3) is 0 Å². The highest BCUT2D eigenvalue weighted by atomic mass is 19.2. The first-order valence-corrected chi connectivity index (χ1v) is 13.9. The number of nitrogens with zero attached hydrogens (tertiary/aromatic N) is 5. The van der Waals surface area contributed by atoms with Crippen LogP contribution in [-0.2, 0) is 4.79 Å². The third kappa shape index (κ3) is 6.17. The largest absolute Gasteiger partial charge is 0.415 e. The number of likely N-dealkylation sites (tertiary alicyclic amines) is 1. The van der Waals surface area contributed by atoms with Crippen LogP contribution in [0.3, 0.4) is 0 Å². The van der Waals surface area contributed by atoms with Gasteiger partial charge in [-0.25, -0.2) is 22.9 Å². The summed E-state index contributed by atoms with van der Waals surface area (Å²) >= 11 is 0. The molecule has 2 amide bonds. The van der Waals surface area contributed by atoms with Crippen molar-refractivity contribution < 1.29 is 27.5 Å². The molecule has 42 heavy (non-hydrogen) atoms. The van der Waals surface area contributed by atoms with Crippen LogP contribution in [0.4, 0.5) is 23.7 Å². The summed E-state index contributed by atoms with van der Waals surface area (Å²) in [6.07, 6.45) is 2.20. The molecule has 2 aromatic carbocycles. The van der Waals surface area contributed by atoms with Crippen LogP contribution in [-0.4, -0.2) is 65.5 Å². The third-order valence-electron chi connectivity index (χ3n) is 8.04. The van der Waals surface area contributed by atoms with Crippen molar-refractivity contribution in [3.05, 3.63) is 89.5 Å². The van der Waals surface area contributed by atoms with Gasteiger partial charge in [-0.05, 0) is 73.9 Å². The Balaban J connectivity index is 1.32. The van der Waals surface area contributed by atoms with E-state index in [0.717, 1.165) is 17.8 Å². The van der Waals surface area contributed by atoms with Crippen molar-refractivity contribution in [2.75, 3.05) is 37.6 Å². The number of benzene rings is 2. The minimum Gasteiger partial charge on any atom is -0.410 e. The second-order valence-electron chi connectivity index (χ2n) is 10.5. The maximum Gasteiger partial charge on any atom is 0.415 e. The average Bonchev–Trinajstić information content (AvgIpc) is 3.45. The maximum absolute atomic E-state index is 14.3. The van der Waals surface area contributed by atoms with Crippen molar-refractivity contribution >= 4 is 17.7 Å². The van der Waals surface area contributed by atoms with Crippen molar-refractivity contribution in [2.24, 2.45) is 5.92 Å². The summed E-state index contributed by atoms with van der Waals surface area (Å²) in [4.78, 5) is 36.4. The Morgan fingerprint density at radius 3 is 2.38 bits per heavy atom. The van der Waals surface area contributed by atoms with Crippen LogP contribution in [0.15, 0.2) is 60.8 Å². The zero-order valence-electron chi connectivity index (χ0n) is 23.1. The van der Waals surface area contributed by atoms with E-state index in [1.54, 1.807) is 24.1 Å². The lowest BCUT2D eigenvalue weighted by Crippen LogP contribution is -2.47. The normalized spacial score (nSPS) is 18.9. The van der Waals surface area contributed by atoms with E-state index in [1.165, 1.54) is 35.2 Å². The van der Waals surface area contributed by atoms with Crippen LogP contribution in [0, 0.1) is 34.7 Å². The van der Waals surface area contributed by atoms with Gasteiger partial charge in [-0.1, -0.05) is 6.07 Å². The summed E-state index contributed by atoms with van der Waals surface area (Å²) in [7, 11) is 0. The number of ether oxygens (including phenoxy) is 1. The van der Waals surface area contributed by atoms with Crippen molar-refractivity contribution in [1.29, 1.82) is 5.26 Å². The molecular formula is C31H30F3N5O3. The maximum atomic E-state index is 14.3. The van der Waals surface area contributed by atoms with E-state index < -0.39 is 35.5 Å². The van der Waals surface area contributed by atoms with Gasteiger partial charge in [0.25, 0.3) is 0 Å². The fourth-order valence-electron chi connectivity index (χ4n) is 5.80. The van der Waals surface area contributed by atoms with Crippen molar-refractivity contribution in [1.82, 2.24) is 14.8 Å². The Kier molecular flexibility index (Phi) is 8.61. The predicted molar refractivity (Wildman–Crippen MR) is 148 cm³/mol. The summed E-state index contributed by atoms with van der Waals surface area (Å²) in [5.41, 5.74) is 1.70. The van der Waals surface area contributed by atoms with E-state index in [4.69, 9.17) is 10.00 Å². The predicted octanol–water partition coefficient (Wildman–Crippen LogP) is 5.10. The van der Waals surface area contributed by atoms with Crippen LogP contribution < -0.4 is 9.64 Å². The standard InChI is InChI=1S/C31H30F3N5O3/c1-2-39(31(41)42-25-8-4-22(32)5-9-25)29-19-38(18-26(29)21-3-10-27(33)28(34)15-21)30(40)20-11-13-37(14-12-20)24-7-6-23(16-35)36-17-24/h3-10,15,17,20,26,29H,2,11-14,18-19H2,1H3/t26-,29+/m0/s1. The van der Waals surface area contributed by atoms with E-state index in [1.807, 2.05) is 12.1 Å². The van der Waals surface area contributed by atoms with Gasteiger partial charge in [-0.2, -0.15) is 5.26 Å². The Morgan fingerprint density at radius 2 is 1.76 bits per heavy atom. The second-order valence-corrected chi connectivity index (χ2v) is 10.5. The number of aromatic nitrogens is 1. The molecule has 2 aliphatic rings. The highest BCUT2D eigenvalue weighted by Gasteiger charge is 2.43. The number of rotatable bonds is 6. The van der Waals surface area contributed by atoms with Crippen molar-refractivity contribution in [3.8, 4) is 11.8 Å². The van der Waals surface area contributed by atoms with E-state index >= 15 is 0 Å². The summed E-state index contributed by atoms with van der Waals surface area (Å²) in [6, 6.07) is 13.7. The number of nitriles is 1. The summed E-state index contributed by atoms with van der Waals surface area (Å²) in [5.74, 6) is -3.05. The fourth-order valence-corrected chi connectivity index (χ4v) is 5.80. The number of pyridine rings is 1. The monoisotopic (exact) mass is 577 g/mol. The molecule has 2 saturated heterocycles. The molecule has 11 heteroatoms. The second kappa shape index (κ2) is 12.5. The number of hydrogen-bond donors (Lipinski definition) is 0. The Labute approximate surface area is 241 Å². The molecule has 0 unspecified atom stereocenters. The zero-order valence-corrected chi connectivity index (χ0v) is 23.1. The molecule has 2 fully saturated rings. The molecule has 0 spiro atoms. The smallest absolute Gasteiger partial charge is 0.410 e. The number of amides is 2. The molecule has 3 aromatic rings. The molecule has 0 N–H and O–H groups in total. The number of halogens is 3. The first-order valence-electron chi connectivity index (χ1n) is 13.9. The van der Waals surface area contributed by atoms with Gasteiger partial charge in [0.1, 0.15) is 23.3 Å². The third-order valence-corrected chi connectivity index (χ3v) is 8.04. The van der Waals surface area contributed by atoms with Gasteiger partial charge < -0.3 is 19.4 Å². The minimum atomic E-state index is -1.00. The molecule has 2 atom stereocenters. The fraction of sp³-hybridized carbons (Fsp3) is 0.355. The number of piperidine rings is 1. The Hall–Kier alpha value is -4.59. The lowest BCUT2D eigenvalue weighted by molar-refractivity contribution is -0.135. The van der Waals surface area contributed by atoms with Crippen molar-refractivity contribution in [3.63, 3.8) is 0 Å². The van der Waals surface area contributed by atoms with E-state index in [2.05, 4.69) is 9.88 Å². The number of carbonyl (C=O) groups excluding carboxylic acids is 2. The van der Waals surface area contributed by atoms with E-state index in [9.17, 15) is 22.8 Å². The molecule has 5 rings (SSSR count). The highest BCUT2D eigenvalue weighted by Crippen LogP contribution is 2.35. The first-order chi connectivity index (χ1) is 20.3. The average molecular weight is 578 g/mol. The molecule has 3 heterocycles. The van der Waals surface area contributed by atoms with E-state index in [-0.39, 0.29) is 37.2 Å². The molecule has 1 aromatic heterocycles. The Bertz CT molecular complexity index is 1470. The van der Waals surface area contributed by atoms with Gasteiger partial charge in [0.15, 0.2) is 11.6 Å². The highest BCUT2D eigenvalue weighted by molar-refractivity contribution is 5.80. The van der Waals surface area contributed by atoms with Crippen LogP contribution in [0.2, 0.25) is 0 Å². The molecule has 0 aliphatic carbocycles. The summed E-state index contributed by atoms with van der Waals surface area (Å²) < 4.78 is 46.9. The SMILES string of the molecule is CCN(C(=O)Oc1ccc(F)cc1)[C@@H]1CN(C(=O)C2CCN(c3ccc(C#N)nc3)CC2)C[C@H]1c1ccc(F)c(F)c1. The molecule has 0 radical (unpaired) electrons. The molecular weight excluding hydrogens is 547 g/mol. The van der Waals surface area contributed by atoms with E-state index in [0.29, 0.717) is 37.2 Å². The van der Waals surface area contributed by atoms with Gasteiger partial charge in [0, 0.05) is 44.6 Å². The summed E-state index contributed by atoms with van der Waals surface area (Å²) in [5, 5.41) is 8.99. The van der Waals surface area contributed by atoms with Crippen molar-refractivity contribution in [2.45, 2.75) is 31.7 Å². The lowest BCUT2D eigenvalue weighted by atomic mass is 9.93. The number of hydrogen-bond acceptors (Lipinski definition) is 6. The van der Waals surface area contributed by atoms with Gasteiger partial charge in [0.05, 0.1) is 17.9 Å². The summed E-state index contributed by atoms with van der Waals surface area (Å²) in [6.45, 7) is 3.72. The molecule has 218 valence electrons. The topological polar surface area (TPSA) is 89.8 Å². The van der Waals surface area contributed by atoms with Gasteiger partial charge in [-0.15, -0.1) is 0 Å². The van der Waals surface area contributed by atoms with Crippen LogP contribution >= 0.6 is 0 Å². The quantitative estimate of drug-likeness (QED) is 0.405. The number of anilines is 1. The number of likely N-dealkylation sites (N-methyl/N-ethyl adjacent to an activating group) is 1. The molecule has 0 bridgehead atoms. The molecule has 2 aliphatic heterocycles.